The molecule has 3 heteroatoms. The Bertz CT molecular complexity index is 598. The molecule has 0 radical (unpaired) electrons. The standard InChI is InChI=1S/C22H31NO2/c1-3-4-5-6-10-15-23-17-20-13-14-21(22(16-20)24-2)25-18-19-11-8-7-9-12-19/h7-9,11-14,16,23H,3-6,10,15,17-18H2,1-2H3. The second-order valence-corrected chi connectivity index (χ2v) is 6.35. The lowest BCUT2D eigenvalue weighted by atomic mass is 10.1. The van der Waals surface area contributed by atoms with Crippen LogP contribution < -0.4 is 14.8 Å². The second-order valence-electron chi connectivity index (χ2n) is 6.35. The molecule has 0 fully saturated rings. The van der Waals surface area contributed by atoms with E-state index in [1.165, 1.54) is 37.7 Å². The normalized spacial score (nSPS) is 10.6. The summed E-state index contributed by atoms with van der Waals surface area (Å²) in [5, 5.41) is 3.51. The van der Waals surface area contributed by atoms with Crippen molar-refractivity contribution in [2.45, 2.75) is 52.2 Å². The summed E-state index contributed by atoms with van der Waals surface area (Å²) in [7, 11) is 1.69. The smallest absolute Gasteiger partial charge is 0.161 e. The Morgan fingerprint density at radius 1 is 0.840 bits per heavy atom. The van der Waals surface area contributed by atoms with Crippen LogP contribution in [-0.4, -0.2) is 13.7 Å². The third-order valence-electron chi connectivity index (χ3n) is 4.25. The van der Waals surface area contributed by atoms with Gasteiger partial charge in [0.15, 0.2) is 11.5 Å². The van der Waals surface area contributed by atoms with Gasteiger partial charge in [-0.05, 0) is 36.2 Å². The number of methoxy groups -OCH3 is 1. The molecule has 0 aliphatic heterocycles. The number of hydrogen-bond donors (Lipinski definition) is 1. The van der Waals surface area contributed by atoms with Crippen LogP contribution in [0.1, 0.15) is 50.2 Å². The number of unbranched alkanes of at least 4 members (excludes halogenated alkanes) is 4. The molecule has 0 spiro atoms. The minimum Gasteiger partial charge on any atom is -0.493 e. The van der Waals surface area contributed by atoms with Crippen LogP contribution in [0.15, 0.2) is 48.5 Å². The molecule has 0 unspecified atom stereocenters. The Kier molecular flexibility index (Phi) is 8.92. The van der Waals surface area contributed by atoms with Gasteiger partial charge in [0.25, 0.3) is 0 Å². The van der Waals surface area contributed by atoms with Crippen molar-refractivity contribution in [2.24, 2.45) is 0 Å². The molecule has 0 amide bonds. The van der Waals surface area contributed by atoms with Gasteiger partial charge in [-0.1, -0.05) is 69.0 Å². The zero-order valence-electron chi connectivity index (χ0n) is 15.6. The summed E-state index contributed by atoms with van der Waals surface area (Å²) in [5.74, 6) is 1.58. The van der Waals surface area contributed by atoms with E-state index in [4.69, 9.17) is 9.47 Å². The summed E-state index contributed by atoms with van der Waals surface area (Å²) >= 11 is 0. The average molecular weight is 341 g/mol. The number of nitrogens with one attached hydrogen (secondary N) is 1. The lowest BCUT2D eigenvalue weighted by Crippen LogP contribution is -2.14. The first-order valence-electron chi connectivity index (χ1n) is 9.38. The number of benzene rings is 2. The molecule has 25 heavy (non-hydrogen) atoms. The zero-order valence-corrected chi connectivity index (χ0v) is 15.6. The largest absolute Gasteiger partial charge is 0.493 e. The monoisotopic (exact) mass is 341 g/mol. The van der Waals surface area contributed by atoms with E-state index in [0.29, 0.717) is 6.61 Å². The highest BCUT2D eigenvalue weighted by Crippen LogP contribution is 2.28. The van der Waals surface area contributed by atoms with Gasteiger partial charge in [-0.2, -0.15) is 0 Å². The number of ether oxygens (including phenoxy) is 2. The summed E-state index contributed by atoms with van der Waals surface area (Å²) in [6, 6.07) is 16.3. The van der Waals surface area contributed by atoms with Crippen LogP contribution >= 0.6 is 0 Å². The maximum Gasteiger partial charge on any atom is 0.161 e. The highest BCUT2D eigenvalue weighted by molar-refractivity contribution is 5.43. The van der Waals surface area contributed by atoms with Crippen molar-refractivity contribution in [2.75, 3.05) is 13.7 Å². The summed E-state index contributed by atoms with van der Waals surface area (Å²) in [4.78, 5) is 0. The van der Waals surface area contributed by atoms with Gasteiger partial charge in [-0.15, -0.1) is 0 Å². The molecule has 2 rings (SSSR count). The van der Waals surface area contributed by atoms with Crippen LogP contribution in [-0.2, 0) is 13.2 Å². The molecular formula is C22H31NO2. The van der Waals surface area contributed by atoms with Gasteiger partial charge in [-0.3, -0.25) is 0 Å². The predicted molar refractivity (Wildman–Crippen MR) is 104 cm³/mol. The zero-order chi connectivity index (χ0) is 17.7. The van der Waals surface area contributed by atoms with Crippen LogP contribution in [0.3, 0.4) is 0 Å². The van der Waals surface area contributed by atoms with Crippen molar-refractivity contribution in [1.29, 1.82) is 0 Å². The van der Waals surface area contributed by atoms with Crippen LogP contribution in [0.25, 0.3) is 0 Å². The molecule has 0 bridgehead atoms. The average Bonchev–Trinajstić information content (AvgIpc) is 2.66. The highest BCUT2D eigenvalue weighted by atomic mass is 16.5. The first kappa shape index (κ1) is 19.3. The van der Waals surface area contributed by atoms with Gasteiger partial charge < -0.3 is 14.8 Å². The van der Waals surface area contributed by atoms with Crippen LogP contribution in [0.5, 0.6) is 11.5 Å². The van der Waals surface area contributed by atoms with E-state index in [0.717, 1.165) is 30.2 Å². The van der Waals surface area contributed by atoms with Gasteiger partial charge in [0, 0.05) is 6.54 Å². The number of rotatable bonds is 12. The van der Waals surface area contributed by atoms with Crippen LogP contribution in [0, 0.1) is 0 Å². The van der Waals surface area contributed by atoms with Crippen molar-refractivity contribution >= 4 is 0 Å². The third kappa shape index (κ3) is 7.18. The molecule has 3 nitrogen and oxygen atoms in total. The molecule has 136 valence electrons. The molecule has 0 aliphatic carbocycles. The maximum atomic E-state index is 5.90. The fourth-order valence-corrected chi connectivity index (χ4v) is 2.76. The lowest BCUT2D eigenvalue weighted by molar-refractivity contribution is 0.284. The molecule has 0 aliphatic rings. The first-order valence-corrected chi connectivity index (χ1v) is 9.38. The van der Waals surface area contributed by atoms with Crippen molar-refractivity contribution in [3.63, 3.8) is 0 Å². The van der Waals surface area contributed by atoms with Gasteiger partial charge in [0.05, 0.1) is 7.11 Å². The predicted octanol–water partition coefficient (Wildman–Crippen LogP) is 5.33. The van der Waals surface area contributed by atoms with Crippen molar-refractivity contribution in [1.82, 2.24) is 5.32 Å². The van der Waals surface area contributed by atoms with Crippen LogP contribution in [0.4, 0.5) is 0 Å². The topological polar surface area (TPSA) is 30.5 Å². The van der Waals surface area contributed by atoms with Gasteiger partial charge in [0.1, 0.15) is 6.61 Å². The van der Waals surface area contributed by atoms with Crippen LogP contribution in [0.2, 0.25) is 0 Å². The van der Waals surface area contributed by atoms with Crippen molar-refractivity contribution in [3.05, 3.63) is 59.7 Å². The molecule has 0 atom stereocenters. The van der Waals surface area contributed by atoms with E-state index in [1.54, 1.807) is 7.11 Å². The number of hydrogen-bond acceptors (Lipinski definition) is 3. The van der Waals surface area contributed by atoms with Gasteiger partial charge in [-0.25, -0.2) is 0 Å². The van der Waals surface area contributed by atoms with Gasteiger partial charge in [0.2, 0.25) is 0 Å². The van der Waals surface area contributed by atoms with E-state index in [-0.39, 0.29) is 0 Å². The summed E-state index contributed by atoms with van der Waals surface area (Å²) in [6.45, 7) is 4.73. The molecule has 2 aromatic carbocycles. The van der Waals surface area contributed by atoms with E-state index in [1.807, 2.05) is 24.3 Å². The molecule has 0 saturated carbocycles. The molecule has 0 heterocycles. The minimum absolute atomic E-state index is 0.548. The lowest BCUT2D eigenvalue weighted by Gasteiger charge is -2.13. The minimum atomic E-state index is 0.548. The Balaban J connectivity index is 1.78. The van der Waals surface area contributed by atoms with E-state index >= 15 is 0 Å². The molecule has 0 aromatic heterocycles. The Morgan fingerprint density at radius 3 is 2.40 bits per heavy atom. The van der Waals surface area contributed by atoms with Crippen molar-refractivity contribution < 1.29 is 9.47 Å². The Hall–Kier alpha value is -2.00. The Morgan fingerprint density at radius 2 is 1.64 bits per heavy atom. The fraction of sp³-hybridized carbons (Fsp3) is 0.455. The summed E-state index contributed by atoms with van der Waals surface area (Å²) in [6.07, 6.45) is 6.55. The molecule has 1 N–H and O–H groups in total. The fourth-order valence-electron chi connectivity index (χ4n) is 2.76. The molecular weight excluding hydrogens is 310 g/mol. The first-order chi connectivity index (χ1) is 12.3. The van der Waals surface area contributed by atoms with E-state index in [2.05, 4.69) is 36.5 Å². The van der Waals surface area contributed by atoms with Gasteiger partial charge >= 0.3 is 0 Å². The third-order valence-corrected chi connectivity index (χ3v) is 4.25. The summed E-state index contributed by atoms with van der Waals surface area (Å²) < 4.78 is 11.4. The second kappa shape index (κ2) is 11.5. The quantitative estimate of drug-likeness (QED) is 0.529. The maximum absolute atomic E-state index is 5.90. The SMILES string of the molecule is CCCCCCCNCc1ccc(OCc2ccccc2)c(OC)c1. The van der Waals surface area contributed by atoms with E-state index < -0.39 is 0 Å². The molecule has 2 aromatic rings. The Labute approximate surface area is 152 Å². The highest BCUT2D eigenvalue weighted by Gasteiger charge is 2.06. The van der Waals surface area contributed by atoms with E-state index in [9.17, 15) is 0 Å². The van der Waals surface area contributed by atoms with Crippen molar-refractivity contribution in [3.8, 4) is 11.5 Å². The molecule has 0 saturated heterocycles. The summed E-state index contributed by atoms with van der Waals surface area (Å²) in [5.41, 5.74) is 2.37.